The molecule has 38 heavy (non-hydrogen) atoms. The van der Waals surface area contributed by atoms with E-state index in [2.05, 4.69) is 5.32 Å². The van der Waals surface area contributed by atoms with Crippen LogP contribution in [0.25, 0.3) is 0 Å². The van der Waals surface area contributed by atoms with Crippen LogP contribution in [-0.4, -0.2) is 35.9 Å². The number of benzene rings is 3. The number of carbonyl (C=O) groups is 2. The van der Waals surface area contributed by atoms with Crippen molar-refractivity contribution in [3.8, 4) is 5.75 Å². The van der Waals surface area contributed by atoms with Crippen molar-refractivity contribution in [2.75, 3.05) is 13.2 Å². The summed E-state index contributed by atoms with van der Waals surface area (Å²) >= 11 is 18.9. The Labute approximate surface area is 240 Å². The fourth-order valence-corrected chi connectivity index (χ4v) is 4.60. The quantitative estimate of drug-likeness (QED) is 0.266. The van der Waals surface area contributed by atoms with E-state index in [9.17, 15) is 9.59 Å². The fraction of sp³-hybridized carbons (Fsp3) is 0.333. The van der Waals surface area contributed by atoms with E-state index >= 15 is 0 Å². The van der Waals surface area contributed by atoms with Gasteiger partial charge in [-0.25, -0.2) is 0 Å². The van der Waals surface area contributed by atoms with E-state index in [0.29, 0.717) is 39.3 Å². The first kappa shape index (κ1) is 29.8. The topological polar surface area (TPSA) is 58.6 Å². The SMILES string of the molecule is Cc1cc(OCC(=O)N(Cc2ccc(Cl)cc2Cl)[C@H](Cc2ccccc2)C(=O)NCC(C)C)cc(C)c1Cl. The third-order valence-corrected chi connectivity index (χ3v) is 7.27. The molecule has 2 amide bonds. The largest absolute Gasteiger partial charge is 0.484 e. The van der Waals surface area contributed by atoms with Crippen LogP contribution in [0, 0.1) is 19.8 Å². The Morgan fingerprint density at radius 3 is 2.21 bits per heavy atom. The highest BCUT2D eigenvalue weighted by Gasteiger charge is 2.31. The summed E-state index contributed by atoms with van der Waals surface area (Å²) < 4.78 is 5.90. The highest BCUT2D eigenvalue weighted by molar-refractivity contribution is 6.35. The minimum absolute atomic E-state index is 0.115. The zero-order chi connectivity index (χ0) is 27.8. The zero-order valence-electron chi connectivity index (χ0n) is 22.1. The van der Waals surface area contributed by atoms with Crippen molar-refractivity contribution in [3.63, 3.8) is 0 Å². The van der Waals surface area contributed by atoms with Gasteiger partial charge in [-0.2, -0.15) is 0 Å². The zero-order valence-corrected chi connectivity index (χ0v) is 24.3. The van der Waals surface area contributed by atoms with Crippen LogP contribution in [0.1, 0.15) is 36.1 Å². The summed E-state index contributed by atoms with van der Waals surface area (Å²) in [6, 6.07) is 17.5. The van der Waals surface area contributed by atoms with Crippen LogP contribution >= 0.6 is 34.8 Å². The van der Waals surface area contributed by atoms with Crippen molar-refractivity contribution in [2.24, 2.45) is 5.92 Å². The first-order valence-corrected chi connectivity index (χ1v) is 13.6. The Morgan fingerprint density at radius 1 is 0.947 bits per heavy atom. The van der Waals surface area contributed by atoms with Crippen LogP contribution in [0.5, 0.6) is 5.75 Å². The van der Waals surface area contributed by atoms with E-state index in [1.54, 1.807) is 30.3 Å². The molecule has 202 valence electrons. The Bertz CT molecular complexity index is 1240. The molecule has 0 fully saturated rings. The molecule has 0 aliphatic heterocycles. The number of amides is 2. The lowest BCUT2D eigenvalue weighted by Gasteiger charge is -2.32. The molecule has 0 aliphatic rings. The van der Waals surface area contributed by atoms with Gasteiger partial charge in [-0.3, -0.25) is 9.59 Å². The maximum Gasteiger partial charge on any atom is 0.261 e. The second kappa shape index (κ2) is 13.9. The fourth-order valence-electron chi connectivity index (χ4n) is 4.03. The van der Waals surface area contributed by atoms with Gasteiger partial charge in [0.25, 0.3) is 5.91 Å². The summed E-state index contributed by atoms with van der Waals surface area (Å²) in [6.07, 6.45) is 0.334. The second-order valence-corrected chi connectivity index (χ2v) is 11.0. The first-order chi connectivity index (χ1) is 18.0. The summed E-state index contributed by atoms with van der Waals surface area (Å²) in [7, 11) is 0. The molecule has 0 aromatic heterocycles. The molecule has 8 heteroatoms. The Balaban J connectivity index is 1.94. The van der Waals surface area contributed by atoms with Gasteiger partial charge in [-0.05, 0) is 66.3 Å². The van der Waals surface area contributed by atoms with Gasteiger partial charge in [0.2, 0.25) is 5.91 Å². The van der Waals surface area contributed by atoms with Crippen LogP contribution in [-0.2, 0) is 22.6 Å². The van der Waals surface area contributed by atoms with Gasteiger partial charge in [-0.1, -0.05) is 85.0 Å². The highest BCUT2D eigenvalue weighted by Crippen LogP contribution is 2.27. The second-order valence-electron chi connectivity index (χ2n) is 9.76. The van der Waals surface area contributed by atoms with Crippen LogP contribution < -0.4 is 10.1 Å². The molecule has 3 aromatic carbocycles. The van der Waals surface area contributed by atoms with Crippen LogP contribution in [0.2, 0.25) is 15.1 Å². The highest BCUT2D eigenvalue weighted by atomic mass is 35.5. The van der Waals surface area contributed by atoms with Crippen molar-refractivity contribution in [2.45, 2.75) is 46.7 Å². The van der Waals surface area contributed by atoms with E-state index in [1.807, 2.05) is 58.0 Å². The maximum atomic E-state index is 13.7. The molecule has 0 unspecified atom stereocenters. The van der Waals surface area contributed by atoms with Gasteiger partial charge < -0.3 is 15.0 Å². The molecule has 1 N–H and O–H groups in total. The average molecular weight is 576 g/mol. The molecule has 0 aliphatic carbocycles. The van der Waals surface area contributed by atoms with Gasteiger partial charge in [0.05, 0.1) is 0 Å². The molecule has 3 rings (SSSR count). The molecule has 1 atom stereocenters. The number of hydrogen-bond donors (Lipinski definition) is 1. The maximum absolute atomic E-state index is 13.7. The van der Waals surface area contributed by atoms with E-state index < -0.39 is 6.04 Å². The summed E-state index contributed by atoms with van der Waals surface area (Å²) in [5, 5.41) is 4.57. The molecule has 0 saturated heterocycles. The minimum Gasteiger partial charge on any atom is -0.484 e. The number of hydrogen-bond acceptors (Lipinski definition) is 3. The predicted octanol–water partition coefficient (Wildman–Crippen LogP) is 7.05. The van der Waals surface area contributed by atoms with Crippen molar-refractivity contribution in [1.82, 2.24) is 10.2 Å². The molecule has 5 nitrogen and oxygen atoms in total. The molecular weight excluding hydrogens is 543 g/mol. The number of nitrogens with one attached hydrogen (secondary N) is 1. The monoisotopic (exact) mass is 574 g/mol. The average Bonchev–Trinajstić information content (AvgIpc) is 2.88. The van der Waals surface area contributed by atoms with Gasteiger partial charge in [-0.15, -0.1) is 0 Å². The lowest BCUT2D eigenvalue weighted by Crippen LogP contribution is -2.52. The molecule has 0 bridgehead atoms. The number of carbonyl (C=O) groups excluding carboxylic acids is 2. The molecule has 0 heterocycles. The summed E-state index contributed by atoms with van der Waals surface area (Å²) in [5.74, 6) is 0.207. The number of aryl methyl sites for hydroxylation is 2. The smallest absolute Gasteiger partial charge is 0.261 e. The summed E-state index contributed by atoms with van der Waals surface area (Å²) in [5.41, 5.74) is 3.32. The predicted molar refractivity (Wildman–Crippen MR) is 155 cm³/mol. The van der Waals surface area contributed by atoms with E-state index in [4.69, 9.17) is 39.5 Å². The van der Waals surface area contributed by atoms with Gasteiger partial charge >= 0.3 is 0 Å². The number of rotatable bonds is 11. The number of nitrogens with zero attached hydrogens (tertiary/aromatic N) is 1. The van der Waals surface area contributed by atoms with Crippen LogP contribution in [0.3, 0.4) is 0 Å². The Hall–Kier alpha value is -2.73. The van der Waals surface area contributed by atoms with Crippen molar-refractivity contribution in [3.05, 3.63) is 98.0 Å². The lowest BCUT2D eigenvalue weighted by atomic mass is 10.0. The van der Waals surface area contributed by atoms with E-state index in [1.165, 1.54) is 4.90 Å². The van der Waals surface area contributed by atoms with E-state index in [0.717, 1.165) is 16.7 Å². The Kier molecular flexibility index (Phi) is 10.9. The first-order valence-electron chi connectivity index (χ1n) is 12.5. The molecule has 0 spiro atoms. The molecular formula is C30H33Cl3N2O3. The summed E-state index contributed by atoms with van der Waals surface area (Å²) in [6.45, 7) is 8.16. The third-order valence-electron chi connectivity index (χ3n) is 6.08. The van der Waals surface area contributed by atoms with Gasteiger partial charge in [0, 0.05) is 34.6 Å². The van der Waals surface area contributed by atoms with Crippen molar-refractivity contribution in [1.29, 1.82) is 0 Å². The summed E-state index contributed by atoms with van der Waals surface area (Å²) in [4.78, 5) is 28.8. The molecule has 0 saturated carbocycles. The molecule has 3 aromatic rings. The lowest BCUT2D eigenvalue weighted by molar-refractivity contribution is -0.142. The number of halogens is 3. The third kappa shape index (κ3) is 8.39. The van der Waals surface area contributed by atoms with E-state index in [-0.39, 0.29) is 30.9 Å². The molecule has 0 radical (unpaired) electrons. The van der Waals surface area contributed by atoms with Gasteiger partial charge in [0.1, 0.15) is 11.8 Å². The van der Waals surface area contributed by atoms with Crippen molar-refractivity contribution >= 4 is 46.6 Å². The van der Waals surface area contributed by atoms with Crippen molar-refractivity contribution < 1.29 is 14.3 Å². The number of ether oxygens (including phenoxy) is 1. The Morgan fingerprint density at radius 2 is 1.61 bits per heavy atom. The minimum atomic E-state index is -0.785. The standard InChI is InChI=1S/C30H33Cl3N2O3/c1-19(2)16-34-30(37)27(14-22-8-6-5-7-9-22)35(17-23-10-11-24(31)15-26(23)32)28(36)18-38-25-12-20(3)29(33)21(4)13-25/h5-13,15,19,27H,14,16-18H2,1-4H3,(H,34,37)/t27-/m1/s1. The normalized spacial score (nSPS) is 11.8. The van der Waals surface area contributed by atoms with Crippen LogP contribution in [0.4, 0.5) is 0 Å². The van der Waals surface area contributed by atoms with Crippen LogP contribution in [0.15, 0.2) is 60.7 Å². The van der Waals surface area contributed by atoms with Gasteiger partial charge in [0.15, 0.2) is 6.61 Å².